The fraction of sp³-hybridized carbons (Fsp3) is 0.333. The Hall–Kier alpha value is -2.93. The molecule has 162 valence electrons. The second-order valence-corrected chi connectivity index (χ2v) is 7.22. The highest BCUT2D eigenvalue weighted by Crippen LogP contribution is 2.13. The van der Waals surface area contributed by atoms with Gasteiger partial charge < -0.3 is 14.6 Å². The Balaban J connectivity index is 0.00000218. The molecule has 0 aliphatic heterocycles. The maximum atomic E-state index is 11.6. The number of esters is 1. The zero-order chi connectivity index (χ0) is 22.6. The van der Waals surface area contributed by atoms with E-state index in [0.29, 0.717) is 22.6 Å². The van der Waals surface area contributed by atoms with Crippen molar-refractivity contribution in [3.63, 3.8) is 0 Å². The molecule has 1 aromatic heterocycles. The zero-order valence-electron chi connectivity index (χ0n) is 17.1. The van der Waals surface area contributed by atoms with Gasteiger partial charge >= 0.3 is 5.97 Å². The summed E-state index contributed by atoms with van der Waals surface area (Å²) >= 11 is 0. The molecule has 0 bridgehead atoms. The molecule has 1 heterocycles. The van der Waals surface area contributed by atoms with Crippen molar-refractivity contribution in [3.05, 3.63) is 58.9 Å². The Morgan fingerprint density at radius 3 is 2.30 bits per heavy atom. The minimum Gasteiger partial charge on any atom is -0.494 e. The van der Waals surface area contributed by atoms with Crippen molar-refractivity contribution in [2.24, 2.45) is 0 Å². The van der Waals surface area contributed by atoms with Gasteiger partial charge in [-0.2, -0.15) is 8.42 Å². The maximum Gasteiger partial charge on any atom is 0.356 e. The summed E-state index contributed by atoms with van der Waals surface area (Å²) in [4.78, 5) is 15.6. The molecule has 8 nitrogen and oxygen atoms in total. The number of ether oxygens (including phenoxy) is 2. The molecule has 0 atom stereocenters. The third-order valence-electron chi connectivity index (χ3n) is 3.46. The Morgan fingerprint density at radius 2 is 1.73 bits per heavy atom. The molecule has 2 aromatic rings. The minimum atomic E-state index is -3.98. The number of carbonyl (C=O) groups excluding carboxylic acids is 1. The monoisotopic (exact) mass is 435 g/mol. The molecule has 0 unspecified atom stereocenters. The quantitative estimate of drug-likeness (QED) is 0.294. The molecule has 0 saturated carbocycles. The number of hydrogen-bond acceptors (Lipinski definition) is 7. The van der Waals surface area contributed by atoms with Crippen LogP contribution in [0.1, 0.15) is 47.6 Å². The molecular formula is C21H25NO7S. The van der Waals surface area contributed by atoms with Crippen molar-refractivity contribution in [1.29, 1.82) is 0 Å². The summed E-state index contributed by atoms with van der Waals surface area (Å²) in [5.74, 6) is 5.40. The van der Waals surface area contributed by atoms with E-state index >= 15 is 0 Å². The van der Waals surface area contributed by atoms with Crippen molar-refractivity contribution >= 4 is 16.1 Å². The third kappa shape index (κ3) is 9.05. The first-order valence-corrected chi connectivity index (χ1v) is 10.8. The number of benzene rings is 1. The normalized spacial score (nSPS) is 10.2. The van der Waals surface area contributed by atoms with Crippen molar-refractivity contribution < 1.29 is 32.3 Å². The number of aliphatic hydroxyl groups is 1. The molecule has 0 amide bonds. The van der Waals surface area contributed by atoms with E-state index < -0.39 is 16.1 Å². The fourth-order valence-electron chi connectivity index (χ4n) is 2.16. The summed E-state index contributed by atoms with van der Waals surface area (Å²) < 4.78 is 39.9. The van der Waals surface area contributed by atoms with Gasteiger partial charge in [-0.15, -0.1) is 0 Å². The third-order valence-corrected chi connectivity index (χ3v) is 4.26. The first kappa shape index (κ1) is 25.1. The predicted octanol–water partition coefficient (Wildman–Crippen LogP) is 2.44. The van der Waals surface area contributed by atoms with Gasteiger partial charge in [-0.1, -0.05) is 25.7 Å². The van der Waals surface area contributed by atoms with E-state index in [1.165, 1.54) is 13.2 Å². The van der Waals surface area contributed by atoms with Gasteiger partial charge in [0.25, 0.3) is 10.1 Å². The van der Waals surface area contributed by atoms with Gasteiger partial charge in [-0.25, -0.2) is 9.78 Å². The molecule has 9 heteroatoms. The van der Waals surface area contributed by atoms with E-state index in [1.807, 2.05) is 13.8 Å². The first-order valence-electron chi connectivity index (χ1n) is 9.21. The number of aromatic nitrogens is 1. The van der Waals surface area contributed by atoms with Crippen LogP contribution in [0.4, 0.5) is 0 Å². The summed E-state index contributed by atoms with van der Waals surface area (Å²) in [6, 6.07) is 9.86. The molecular weight excluding hydrogens is 410 g/mol. The lowest BCUT2D eigenvalue weighted by molar-refractivity contribution is 0.0593. The molecule has 30 heavy (non-hydrogen) atoms. The molecule has 1 aromatic carbocycles. The van der Waals surface area contributed by atoms with E-state index in [-0.39, 0.29) is 31.1 Å². The van der Waals surface area contributed by atoms with Crippen LogP contribution >= 0.6 is 0 Å². The maximum absolute atomic E-state index is 11.6. The fourth-order valence-corrected chi connectivity index (χ4v) is 2.64. The highest BCUT2D eigenvalue weighted by Gasteiger charge is 2.09. The van der Waals surface area contributed by atoms with Crippen LogP contribution in [0.15, 0.2) is 36.4 Å². The lowest BCUT2D eigenvalue weighted by Crippen LogP contribution is -2.08. The molecule has 2 N–H and O–H groups in total. The number of pyridine rings is 1. The van der Waals surface area contributed by atoms with E-state index in [0.717, 1.165) is 0 Å². The summed E-state index contributed by atoms with van der Waals surface area (Å²) in [6.45, 7) is 3.82. The average molecular weight is 435 g/mol. The summed E-state index contributed by atoms with van der Waals surface area (Å²) in [6.07, 6.45) is 0.179. The Labute approximate surface area is 176 Å². The molecule has 0 fully saturated rings. The van der Waals surface area contributed by atoms with Crippen molar-refractivity contribution in [2.75, 3.05) is 19.5 Å². The van der Waals surface area contributed by atoms with Crippen LogP contribution < -0.4 is 4.74 Å². The summed E-state index contributed by atoms with van der Waals surface area (Å²) in [7, 11) is -2.74. The van der Waals surface area contributed by atoms with Crippen LogP contribution in [0.25, 0.3) is 0 Å². The molecule has 2 rings (SSSR count). The van der Waals surface area contributed by atoms with Crippen LogP contribution in [-0.2, 0) is 21.5 Å². The van der Waals surface area contributed by atoms with Gasteiger partial charge in [-0.05, 0) is 42.8 Å². The second kappa shape index (κ2) is 12.6. The summed E-state index contributed by atoms with van der Waals surface area (Å²) in [5.41, 5.74) is 1.56. The zero-order valence-corrected chi connectivity index (χ0v) is 17.9. The van der Waals surface area contributed by atoms with E-state index in [4.69, 9.17) is 9.29 Å². The Morgan fingerprint density at radius 1 is 1.10 bits per heavy atom. The van der Waals surface area contributed by atoms with Crippen molar-refractivity contribution in [1.82, 2.24) is 4.98 Å². The molecule has 0 aliphatic rings. The van der Waals surface area contributed by atoms with Gasteiger partial charge in [0.15, 0.2) is 0 Å². The van der Waals surface area contributed by atoms with Gasteiger partial charge in [0.1, 0.15) is 11.4 Å². The highest BCUT2D eigenvalue weighted by molar-refractivity contribution is 7.85. The van der Waals surface area contributed by atoms with Crippen LogP contribution in [0.3, 0.4) is 0 Å². The largest absolute Gasteiger partial charge is 0.494 e. The van der Waals surface area contributed by atoms with Crippen LogP contribution in [0.2, 0.25) is 0 Å². The van der Waals surface area contributed by atoms with E-state index in [1.54, 1.807) is 30.3 Å². The van der Waals surface area contributed by atoms with Crippen molar-refractivity contribution in [3.8, 4) is 17.6 Å². The molecule has 0 spiro atoms. The number of hydrogen-bond donors (Lipinski definition) is 2. The molecule has 0 saturated heterocycles. The van der Waals surface area contributed by atoms with Crippen LogP contribution in [0, 0.1) is 11.8 Å². The topological polar surface area (TPSA) is 123 Å². The number of nitrogens with zero attached hydrogens (tertiary/aromatic N) is 1. The molecule has 0 radical (unpaired) electrons. The number of aliphatic hydroxyl groups excluding tert-OH is 1. The predicted molar refractivity (Wildman–Crippen MR) is 112 cm³/mol. The van der Waals surface area contributed by atoms with Crippen LogP contribution in [0.5, 0.6) is 5.75 Å². The lowest BCUT2D eigenvalue weighted by Gasteiger charge is -2.05. The number of carbonyl (C=O) groups is 1. The summed E-state index contributed by atoms with van der Waals surface area (Å²) in [5, 5.41) is 9.27. The standard InChI is InChI=1S/C19H19NO7S.C2H6/c1-26-19(22)18-12-15(11-16(13-21)20-18)4-3-14-5-7-17(8-6-14)27-9-2-10-28(23,24)25;1-2/h5-8,11-12,21H,2,9-10,13H2,1H3,(H,23,24,25);1-2H3. The highest BCUT2D eigenvalue weighted by atomic mass is 32.2. The molecule has 0 aliphatic carbocycles. The van der Waals surface area contributed by atoms with E-state index in [2.05, 4.69) is 21.6 Å². The van der Waals surface area contributed by atoms with Gasteiger partial charge in [0.2, 0.25) is 0 Å². The van der Waals surface area contributed by atoms with Gasteiger partial charge in [0.05, 0.1) is 31.8 Å². The lowest BCUT2D eigenvalue weighted by atomic mass is 10.1. The smallest absolute Gasteiger partial charge is 0.356 e. The second-order valence-electron chi connectivity index (χ2n) is 5.64. The van der Waals surface area contributed by atoms with E-state index in [9.17, 15) is 18.3 Å². The van der Waals surface area contributed by atoms with Gasteiger partial charge in [0, 0.05) is 11.1 Å². The number of methoxy groups -OCH3 is 1. The average Bonchev–Trinajstić information content (AvgIpc) is 2.76. The van der Waals surface area contributed by atoms with Crippen molar-refractivity contribution in [2.45, 2.75) is 26.9 Å². The van der Waals surface area contributed by atoms with Gasteiger partial charge in [-0.3, -0.25) is 4.55 Å². The number of rotatable bonds is 7. The first-order chi connectivity index (χ1) is 14.3. The van der Waals surface area contributed by atoms with Crippen LogP contribution in [-0.4, -0.2) is 48.5 Å². The minimum absolute atomic E-state index is 0.0620. The SMILES string of the molecule is CC.COC(=O)c1cc(C#Cc2ccc(OCCCS(=O)(=O)O)cc2)cc(CO)n1. The Bertz CT molecular complexity index is 990. The Kier molecular flexibility index (Phi) is 10.5.